The third-order valence-electron chi connectivity index (χ3n) is 5.98. The molecule has 9 heteroatoms. The van der Waals surface area contributed by atoms with Crippen molar-refractivity contribution in [3.05, 3.63) is 82.6 Å². The molecule has 0 aliphatic carbocycles. The molecule has 168 valence electrons. The third-order valence-corrected chi connectivity index (χ3v) is 6.86. The van der Waals surface area contributed by atoms with Gasteiger partial charge in [-0.2, -0.15) is 13.2 Å². The number of amides is 2. The molecule has 0 radical (unpaired) electrons. The van der Waals surface area contributed by atoms with Gasteiger partial charge in [-0.15, -0.1) is 11.3 Å². The Morgan fingerprint density at radius 3 is 2.12 bits per heavy atom. The third kappa shape index (κ3) is 3.35. The summed E-state index contributed by atoms with van der Waals surface area (Å²) in [5.74, 6) is -2.98. The smallest absolute Gasteiger partial charge is 0.363 e. The summed E-state index contributed by atoms with van der Waals surface area (Å²) < 4.78 is 42.7. The highest BCUT2D eigenvalue weighted by Crippen LogP contribution is 2.47. The van der Waals surface area contributed by atoms with Gasteiger partial charge in [-0.05, 0) is 44.6 Å². The van der Waals surface area contributed by atoms with Gasteiger partial charge in [0.25, 0.3) is 0 Å². The van der Waals surface area contributed by atoms with Crippen LogP contribution in [-0.4, -0.2) is 28.8 Å². The molecule has 1 saturated heterocycles. The molecule has 3 aromatic carbocycles. The van der Waals surface area contributed by atoms with Crippen LogP contribution in [0.3, 0.4) is 0 Å². The fourth-order valence-corrected chi connectivity index (χ4v) is 5.24. The Bertz CT molecular complexity index is 1330. The number of fused-ring (bicyclic) bond motifs is 2. The van der Waals surface area contributed by atoms with Crippen LogP contribution in [0, 0.1) is 5.92 Å². The summed E-state index contributed by atoms with van der Waals surface area (Å²) in [4.78, 5) is 25.9. The Morgan fingerprint density at radius 2 is 1.58 bits per heavy atom. The molecule has 5 rings (SSSR count). The molecule has 33 heavy (non-hydrogen) atoms. The van der Waals surface area contributed by atoms with Crippen LogP contribution in [0.25, 0.3) is 21.5 Å². The number of benzene rings is 3. The van der Waals surface area contributed by atoms with Crippen molar-refractivity contribution in [2.24, 2.45) is 5.92 Å². The van der Waals surface area contributed by atoms with Gasteiger partial charge in [0.2, 0.25) is 5.72 Å². The number of nitrogens with one attached hydrogen (secondary N) is 2. The Morgan fingerprint density at radius 1 is 0.970 bits per heavy atom. The van der Waals surface area contributed by atoms with E-state index in [0.717, 1.165) is 22.1 Å². The zero-order valence-electron chi connectivity index (χ0n) is 16.9. The number of aliphatic hydroxyl groups is 1. The highest BCUT2D eigenvalue weighted by atomic mass is 32.1. The van der Waals surface area contributed by atoms with Gasteiger partial charge in [0.05, 0.1) is 10.9 Å². The van der Waals surface area contributed by atoms with Crippen molar-refractivity contribution in [3.8, 4) is 0 Å². The number of alkyl halides is 3. The summed E-state index contributed by atoms with van der Waals surface area (Å²) in [6.07, 6.45) is -5.30. The summed E-state index contributed by atoms with van der Waals surface area (Å²) in [5.41, 5.74) is -3.42. The van der Waals surface area contributed by atoms with Crippen LogP contribution < -0.4 is 10.6 Å². The second-order valence-corrected chi connectivity index (χ2v) is 8.84. The molecular formula is C24H17F3N2O3S. The molecule has 1 fully saturated rings. The van der Waals surface area contributed by atoms with E-state index < -0.39 is 35.7 Å². The monoisotopic (exact) mass is 470 g/mol. The minimum absolute atomic E-state index is 0.0511. The predicted molar refractivity (Wildman–Crippen MR) is 119 cm³/mol. The van der Waals surface area contributed by atoms with Gasteiger partial charge in [-0.3, -0.25) is 4.79 Å². The van der Waals surface area contributed by atoms with Gasteiger partial charge in [0.1, 0.15) is 5.92 Å². The summed E-state index contributed by atoms with van der Waals surface area (Å²) in [7, 11) is 0. The summed E-state index contributed by atoms with van der Waals surface area (Å²) >= 11 is 0.973. The Kier molecular flexibility index (Phi) is 4.91. The predicted octanol–water partition coefficient (Wildman–Crippen LogP) is 5.16. The second kappa shape index (κ2) is 7.57. The molecule has 4 aromatic rings. The number of Topliss-reactive ketones (excluding diaryl/α,β-unsaturated/α-hetero) is 1. The van der Waals surface area contributed by atoms with Crippen molar-refractivity contribution in [2.75, 3.05) is 0 Å². The molecule has 0 spiro atoms. The van der Waals surface area contributed by atoms with Gasteiger partial charge < -0.3 is 15.7 Å². The van der Waals surface area contributed by atoms with Crippen LogP contribution in [0.4, 0.5) is 18.0 Å². The van der Waals surface area contributed by atoms with Crippen LogP contribution in [0.1, 0.15) is 21.3 Å². The molecule has 3 N–H and O–H groups in total. The SMILES string of the molecule is O=C1N[C@H](c2c3ccccc3cc3ccccc23)[C@H](C(=O)c2cccs2)[C@@](O)(C(F)(F)F)N1. The zero-order chi connectivity index (χ0) is 23.4. The van der Waals surface area contributed by atoms with E-state index in [9.17, 15) is 27.9 Å². The number of ketones is 1. The van der Waals surface area contributed by atoms with Crippen molar-refractivity contribution >= 4 is 44.7 Å². The average Bonchev–Trinajstić information content (AvgIpc) is 3.31. The fourth-order valence-electron chi connectivity index (χ4n) is 4.54. The molecule has 3 atom stereocenters. The highest BCUT2D eigenvalue weighted by Gasteiger charge is 2.66. The van der Waals surface area contributed by atoms with Crippen LogP contribution in [-0.2, 0) is 0 Å². The van der Waals surface area contributed by atoms with E-state index in [0.29, 0.717) is 16.3 Å². The highest BCUT2D eigenvalue weighted by molar-refractivity contribution is 7.12. The van der Waals surface area contributed by atoms with E-state index in [-0.39, 0.29) is 4.88 Å². The van der Waals surface area contributed by atoms with E-state index >= 15 is 0 Å². The number of urea groups is 1. The molecule has 2 amide bonds. The van der Waals surface area contributed by atoms with Crippen LogP contribution in [0.15, 0.2) is 72.1 Å². The number of hydrogen-bond donors (Lipinski definition) is 3. The second-order valence-electron chi connectivity index (χ2n) is 7.89. The molecule has 1 aliphatic heterocycles. The number of hydrogen-bond acceptors (Lipinski definition) is 4. The van der Waals surface area contributed by atoms with Crippen molar-refractivity contribution in [1.82, 2.24) is 10.6 Å². The Hall–Kier alpha value is -3.43. The van der Waals surface area contributed by atoms with E-state index in [2.05, 4.69) is 5.32 Å². The first kappa shape index (κ1) is 21.4. The van der Waals surface area contributed by atoms with E-state index in [1.165, 1.54) is 6.07 Å². The molecule has 1 aromatic heterocycles. The first-order valence-corrected chi connectivity index (χ1v) is 10.9. The van der Waals surface area contributed by atoms with Crippen LogP contribution >= 0.6 is 11.3 Å². The summed E-state index contributed by atoms with van der Waals surface area (Å²) in [6.45, 7) is 0. The number of thiophene rings is 1. The quantitative estimate of drug-likeness (QED) is 0.286. The topological polar surface area (TPSA) is 78.4 Å². The van der Waals surface area contributed by atoms with Crippen molar-refractivity contribution in [1.29, 1.82) is 0 Å². The molecule has 2 heterocycles. The van der Waals surface area contributed by atoms with Gasteiger partial charge in [-0.25, -0.2) is 4.79 Å². The molecular weight excluding hydrogens is 453 g/mol. The Balaban J connectivity index is 1.84. The van der Waals surface area contributed by atoms with E-state index in [1.807, 2.05) is 6.07 Å². The zero-order valence-corrected chi connectivity index (χ0v) is 17.7. The van der Waals surface area contributed by atoms with Crippen LogP contribution in [0.2, 0.25) is 0 Å². The number of rotatable bonds is 3. The van der Waals surface area contributed by atoms with Crippen LogP contribution in [0.5, 0.6) is 0 Å². The molecule has 0 bridgehead atoms. The molecule has 0 saturated carbocycles. The fraction of sp³-hybridized carbons (Fsp3) is 0.167. The normalized spacial score (nSPS) is 23.3. The minimum Gasteiger partial charge on any atom is -0.363 e. The average molecular weight is 470 g/mol. The molecule has 0 unspecified atom stereocenters. The number of carbonyl (C=O) groups excluding carboxylic acids is 2. The lowest BCUT2D eigenvalue weighted by molar-refractivity contribution is -0.287. The summed E-state index contributed by atoms with van der Waals surface area (Å²) in [6, 6.07) is 16.3. The Labute approximate surface area is 189 Å². The number of halogens is 3. The van der Waals surface area contributed by atoms with E-state index in [4.69, 9.17) is 0 Å². The molecule has 1 aliphatic rings. The van der Waals surface area contributed by atoms with Gasteiger partial charge in [0.15, 0.2) is 5.78 Å². The lowest BCUT2D eigenvalue weighted by Gasteiger charge is -2.45. The van der Waals surface area contributed by atoms with E-state index in [1.54, 1.807) is 65.3 Å². The van der Waals surface area contributed by atoms with Gasteiger partial charge in [-0.1, -0.05) is 54.6 Å². The molecule has 5 nitrogen and oxygen atoms in total. The summed E-state index contributed by atoms with van der Waals surface area (Å²) in [5, 5.41) is 19.2. The lowest BCUT2D eigenvalue weighted by Crippen LogP contribution is -2.72. The first-order valence-electron chi connectivity index (χ1n) is 10.1. The maximum Gasteiger partial charge on any atom is 0.437 e. The largest absolute Gasteiger partial charge is 0.437 e. The lowest BCUT2D eigenvalue weighted by atomic mass is 9.76. The maximum absolute atomic E-state index is 14.2. The van der Waals surface area contributed by atoms with Crippen molar-refractivity contribution in [3.63, 3.8) is 0 Å². The maximum atomic E-state index is 14.2. The van der Waals surface area contributed by atoms with Gasteiger partial charge in [0, 0.05) is 0 Å². The standard InChI is InChI=1S/C24H17F3N2O3S/c25-24(26,27)23(32)19(21(30)17-10-5-11-33-17)20(28-22(31)29-23)18-15-8-3-1-6-13(15)12-14-7-2-4-9-16(14)18/h1-12,19-20,32H,(H2,28,29,31)/t19-,20-,23-/m1/s1. The first-order chi connectivity index (χ1) is 15.7. The van der Waals surface area contributed by atoms with Crippen molar-refractivity contribution in [2.45, 2.75) is 17.9 Å². The minimum atomic E-state index is -5.30. The van der Waals surface area contributed by atoms with Gasteiger partial charge >= 0.3 is 12.2 Å². The van der Waals surface area contributed by atoms with Crippen molar-refractivity contribution < 1.29 is 27.9 Å². The number of carbonyl (C=O) groups is 2.